The number of aryl methyl sites for hydroxylation is 1. The SMILES string of the molecule is Cc1cnn2c(NCCc3c[nH]cn3)cc(-c3cncc(F)c3)nc12. The van der Waals surface area contributed by atoms with Crippen molar-refractivity contribution < 1.29 is 4.39 Å². The highest BCUT2D eigenvalue weighted by Crippen LogP contribution is 2.23. The van der Waals surface area contributed by atoms with E-state index >= 15 is 0 Å². The molecular formula is C17H16FN7. The molecule has 0 fully saturated rings. The molecule has 0 aliphatic heterocycles. The molecule has 0 saturated heterocycles. The smallest absolute Gasteiger partial charge is 0.160 e. The molecule has 126 valence electrons. The Balaban J connectivity index is 1.69. The van der Waals surface area contributed by atoms with Gasteiger partial charge in [-0.05, 0) is 13.0 Å². The maximum Gasteiger partial charge on any atom is 0.160 e. The predicted molar refractivity (Wildman–Crippen MR) is 91.7 cm³/mol. The zero-order valence-corrected chi connectivity index (χ0v) is 13.6. The van der Waals surface area contributed by atoms with Crippen LogP contribution in [-0.4, -0.2) is 36.1 Å². The minimum Gasteiger partial charge on any atom is -0.369 e. The van der Waals surface area contributed by atoms with Crippen LogP contribution in [0.3, 0.4) is 0 Å². The monoisotopic (exact) mass is 337 g/mol. The van der Waals surface area contributed by atoms with Crippen molar-refractivity contribution >= 4 is 11.5 Å². The summed E-state index contributed by atoms with van der Waals surface area (Å²) in [6, 6.07) is 3.27. The molecule has 4 heterocycles. The number of aromatic nitrogens is 6. The van der Waals surface area contributed by atoms with Crippen LogP contribution >= 0.6 is 0 Å². The van der Waals surface area contributed by atoms with Gasteiger partial charge in [-0.2, -0.15) is 9.61 Å². The topological polar surface area (TPSA) is 83.8 Å². The number of H-pyrrole nitrogens is 1. The molecule has 0 saturated carbocycles. The molecule has 0 atom stereocenters. The highest BCUT2D eigenvalue weighted by molar-refractivity contribution is 5.67. The first-order chi connectivity index (χ1) is 12.2. The molecule has 4 aromatic heterocycles. The molecule has 4 aromatic rings. The van der Waals surface area contributed by atoms with Gasteiger partial charge in [0.2, 0.25) is 0 Å². The van der Waals surface area contributed by atoms with Gasteiger partial charge in [0.15, 0.2) is 5.65 Å². The molecule has 0 amide bonds. The van der Waals surface area contributed by atoms with E-state index in [1.54, 1.807) is 23.2 Å². The first kappa shape index (κ1) is 15.3. The summed E-state index contributed by atoms with van der Waals surface area (Å²) in [6.45, 7) is 2.63. The number of fused-ring (bicyclic) bond motifs is 1. The molecule has 0 spiro atoms. The highest BCUT2D eigenvalue weighted by atomic mass is 19.1. The van der Waals surface area contributed by atoms with Crippen LogP contribution in [0, 0.1) is 12.7 Å². The summed E-state index contributed by atoms with van der Waals surface area (Å²) in [5, 5.41) is 7.72. The lowest BCUT2D eigenvalue weighted by Crippen LogP contribution is -2.10. The average molecular weight is 337 g/mol. The van der Waals surface area contributed by atoms with E-state index in [2.05, 4.69) is 30.4 Å². The summed E-state index contributed by atoms with van der Waals surface area (Å²) in [5.41, 5.74) is 3.92. The van der Waals surface area contributed by atoms with E-state index in [1.807, 2.05) is 19.2 Å². The Hall–Kier alpha value is -3.29. The van der Waals surface area contributed by atoms with E-state index in [-0.39, 0.29) is 0 Å². The maximum atomic E-state index is 13.5. The van der Waals surface area contributed by atoms with E-state index in [1.165, 1.54) is 12.3 Å². The van der Waals surface area contributed by atoms with Gasteiger partial charge in [0.1, 0.15) is 11.6 Å². The van der Waals surface area contributed by atoms with Crippen molar-refractivity contribution in [2.75, 3.05) is 11.9 Å². The second kappa shape index (κ2) is 6.31. The van der Waals surface area contributed by atoms with Crippen LogP contribution in [0.15, 0.2) is 43.2 Å². The number of hydrogen-bond donors (Lipinski definition) is 2. The number of rotatable bonds is 5. The first-order valence-electron chi connectivity index (χ1n) is 7.88. The molecule has 25 heavy (non-hydrogen) atoms. The Morgan fingerprint density at radius 3 is 2.96 bits per heavy atom. The molecule has 8 heteroatoms. The Bertz CT molecular complexity index is 1010. The number of nitrogens with zero attached hydrogens (tertiary/aromatic N) is 5. The number of hydrogen-bond acceptors (Lipinski definition) is 5. The van der Waals surface area contributed by atoms with E-state index in [0.29, 0.717) is 17.8 Å². The van der Waals surface area contributed by atoms with Gasteiger partial charge in [-0.25, -0.2) is 14.4 Å². The van der Waals surface area contributed by atoms with E-state index in [9.17, 15) is 4.39 Å². The number of aromatic amines is 1. The summed E-state index contributed by atoms with van der Waals surface area (Å²) in [7, 11) is 0. The number of anilines is 1. The van der Waals surface area contributed by atoms with Crippen LogP contribution in [0.5, 0.6) is 0 Å². The third kappa shape index (κ3) is 3.06. The predicted octanol–water partition coefficient (Wildman–Crippen LogP) is 2.62. The van der Waals surface area contributed by atoms with Crippen LogP contribution in [0.25, 0.3) is 16.9 Å². The van der Waals surface area contributed by atoms with Crippen molar-refractivity contribution in [1.82, 2.24) is 29.5 Å². The number of nitrogens with one attached hydrogen (secondary N) is 2. The third-order valence-electron chi connectivity index (χ3n) is 3.89. The van der Waals surface area contributed by atoms with Crippen molar-refractivity contribution in [1.29, 1.82) is 0 Å². The Labute approximate surface area is 143 Å². The second-order valence-corrected chi connectivity index (χ2v) is 5.72. The van der Waals surface area contributed by atoms with Gasteiger partial charge >= 0.3 is 0 Å². The van der Waals surface area contributed by atoms with Gasteiger partial charge < -0.3 is 10.3 Å². The van der Waals surface area contributed by atoms with Crippen LogP contribution in [-0.2, 0) is 6.42 Å². The molecule has 0 aliphatic carbocycles. The zero-order valence-electron chi connectivity index (χ0n) is 13.6. The Morgan fingerprint density at radius 1 is 1.24 bits per heavy atom. The standard InChI is InChI=1S/C17H16FN7/c1-11-6-23-25-16(21-3-2-14-9-20-10-22-14)5-15(24-17(11)25)12-4-13(18)8-19-7-12/h4-10,21H,2-3H2,1H3,(H,20,22). The third-order valence-corrected chi connectivity index (χ3v) is 3.89. The van der Waals surface area contributed by atoms with Crippen molar-refractivity contribution in [3.05, 3.63) is 60.3 Å². The average Bonchev–Trinajstić information content (AvgIpc) is 3.25. The van der Waals surface area contributed by atoms with Crippen molar-refractivity contribution in [3.63, 3.8) is 0 Å². The highest BCUT2D eigenvalue weighted by Gasteiger charge is 2.11. The second-order valence-electron chi connectivity index (χ2n) is 5.72. The summed E-state index contributed by atoms with van der Waals surface area (Å²) in [4.78, 5) is 15.7. The van der Waals surface area contributed by atoms with Crippen molar-refractivity contribution in [2.45, 2.75) is 13.3 Å². The van der Waals surface area contributed by atoms with E-state index < -0.39 is 5.82 Å². The summed E-state index contributed by atoms with van der Waals surface area (Å²) in [5.74, 6) is 0.394. The molecule has 0 unspecified atom stereocenters. The van der Waals surface area contributed by atoms with Crippen LogP contribution < -0.4 is 5.32 Å². The summed E-state index contributed by atoms with van der Waals surface area (Å²) >= 11 is 0. The Morgan fingerprint density at radius 2 is 2.16 bits per heavy atom. The molecule has 0 aliphatic rings. The fraction of sp³-hybridized carbons (Fsp3) is 0.176. The molecule has 2 N–H and O–H groups in total. The lowest BCUT2D eigenvalue weighted by atomic mass is 10.2. The van der Waals surface area contributed by atoms with Crippen molar-refractivity contribution in [2.24, 2.45) is 0 Å². The van der Waals surface area contributed by atoms with Crippen LogP contribution in [0.2, 0.25) is 0 Å². The molecule has 0 bridgehead atoms. The molecule has 0 radical (unpaired) electrons. The van der Waals surface area contributed by atoms with Gasteiger partial charge in [0.25, 0.3) is 0 Å². The minimum atomic E-state index is -0.391. The molecular weight excluding hydrogens is 321 g/mol. The van der Waals surface area contributed by atoms with E-state index in [0.717, 1.165) is 29.1 Å². The molecule has 0 aromatic carbocycles. The van der Waals surface area contributed by atoms with E-state index in [4.69, 9.17) is 0 Å². The Kier molecular flexibility index (Phi) is 3.85. The molecule has 4 rings (SSSR count). The number of halogens is 1. The van der Waals surface area contributed by atoms with Crippen LogP contribution in [0.1, 0.15) is 11.3 Å². The first-order valence-corrected chi connectivity index (χ1v) is 7.88. The normalized spacial score (nSPS) is 11.1. The molecule has 7 nitrogen and oxygen atoms in total. The van der Waals surface area contributed by atoms with Gasteiger partial charge in [-0.15, -0.1) is 0 Å². The minimum absolute atomic E-state index is 0.391. The number of pyridine rings is 1. The van der Waals surface area contributed by atoms with Gasteiger partial charge in [-0.3, -0.25) is 4.98 Å². The summed E-state index contributed by atoms with van der Waals surface area (Å²) < 4.78 is 15.3. The van der Waals surface area contributed by atoms with Gasteiger partial charge in [-0.1, -0.05) is 0 Å². The fourth-order valence-corrected chi connectivity index (χ4v) is 2.64. The maximum absolute atomic E-state index is 13.5. The largest absolute Gasteiger partial charge is 0.369 e. The fourth-order valence-electron chi connectivity index (χ4n) is 2.64. The van der Waals surface area contributed by atoms with Crippen LogP contribution in [0.4, 0.5) is 10.2 Å². The van der Waals surface area contributed by atoms with Crippen molar-refractivity contribution in [3.8, 4) is 11.3 Å². The lowest BCUT2D eigenvalue weighted by Gasteiger charge is -2.10. The van der Waals surface area contributed by atoms with Gasteiger partial charge in [0.05, 0.1) is 30.1 Å². The van der Waals surface area contributed by atoms with Gasteiger partial charge in [0, 0.05) is 42.6 Å². The summed E-state index contributed by atoms with van der Waals surface area (Å²) in [6.07, 6.45) is 8.83. The number of imidazole rings is 1. The lowest BCUT2D eigenvalue weighted by molar-refractivity contribution is 0.622. The zero-order chi connectivity index (χ0) is 17.2. The quantitative estimate of drug-likeness (QED) is 0.585.